The van der Waals surface area contributed by atoms with E-state index >= 15 is 0 Å². The highest BCUT2D eigenvalue weighted by Crippen LogP contribution is 2.27. The van der Waals surface area contributed by atoms with E-state index in [0.717, 1.165) is 39.1 Å². The largest absolute Gasteiger partial charge is 0.342 e. The second-order valence-electron chi connectivity index (χ2n) is 8.15. The summed E-state index contributed by atoms with van der Waals surface area (Å²) in [4.78, 5) is 39.0. The first-order chi connectivity index (χ1) is 16.4. The van der Waals surface area contributed by atoms with Crippen LogP contribution >= 0.6 is 0 Å². The van der Waals surface area contributed by atoms with Crippen molar-refractivity contribution in [3.05, 3.63) is 107 Å². The minimum Gasteiger partial charge on any atom is -0.342 e. The number of urea groups is 1. The van der Waals surface area contributed by atoms with Crippen molar-refractivity contribution in [1.82, 2.24) is 9.88 Å². The highest BCUT2D eigenvalue weighted by atomic mass is 19.1. The molecule has 0 bridgehead atoms. The molecular formula is C27H20FN3O3. The van der Waals surface area contributed by atoms with Crippen LogP contribution in [0.3, 0.4) is 0 Å². The Kier molecular flexibility index (Phi) is 5.30. The molecule has 2 heterocycles. The van der Waals surface area contributed by atoms with E-state index in [2.05, 4.69) is 16.0 Å². The lowest BCUT2D eigenvalue weighted by Crippen LogP contribution is -2.54. The summed E-state index contributed by atoms with van der Waals surface area (Å²) in [5, 5.41) is 3.07. The molecule has 1 saturated heterocycles. The molecule has 4 amide bonds. The normalized spacial score (nSPS) is 15.3. The first-order valence-electron chi connectivity index (χ1n) is 10.7. The molecule has 34 heavy (non-hydrogen) atoms. The number of anilines is 1. The highest BCUT2D eigenvalue weighted by Gasteiger charge is 2.37. The van der Waals surface area contributed by atoms with E-state index < -0.39 is 23.7 Å². The summed E-state index contributed by atoms with van der Waals surface area (Å²) in [7, 11) is 0. The van der Waals surface area contributed by atoms with Gasteiger partial charge in [0.25, 0.3) is 11.8 Å². The third-order valence-corrected chi connectivity index (χ3v) is 5.74. The van der Waals surface area contributed by atoms with E-state index in [1.54, 1.807) is 0 Å². The highest BCUT2D eigenvalue weighted by molar-refractivity contribution is 6.39. The molecule has 1 aromatic heterocycles. The van der Waals surface area contributed by atoms with Gasteiger partial charge in [0.1, 0.15) is 11.4 Å². The molecule has 5 rings (SSSR count). The smallest absolute Gasteiger partial charge is 0.335 e. The van der Waals surface area contributed by atoms with E-state index in [9.17, 15) is 18.8 Å². The lowest BCUT2D eigenvalue weighted by molar-refractivity contribution is -0.122. The van der Waals surface area contributed by atoms with Gasteiger partial charge in [-0.2, -0.15) is 0 Å². The van der Waals surface area contributed by atoms with Crippen LogP contribution in [-0.2, 0) is 16.1 Å². The molecule has 0 aliphatic carbocycles. The van der Waals surface area contributed by atoms with E-state index in [-0.39, 0.29) is 11.3 Å². The monoisotopic (exact) mass is 453 g/mol. The van der Waals surface area contributed by atoms with Crippen molar-refractivity contribution in [3.8, 4) is 0 Å². The maximum absolute atomic E-state index is 13.3. The number of nitrogens with one attached hydrogen (secondary N) is 1. The number of hydrogen-bond donors (Lipinski definition) is 1. The number of hydrogen-bond acceptors (Lipinski definition) is 3. The molecule has 1 aliphatic rings. The standard InChI is InChI=1S/C27H20FN3O3/c1-17-5-4-6-18(13-17)15-30-16-19(22-7-2-3-8-24(22)30)14-23-25(32)29-27(34)31(26(23)33)21-11-9-20(28)10-12-21/h2-14,16H,15H2,1H3,(H,29,32,34). The van der Waals surface area contributed by atoms with Crippen LogP contribution in [0.5, 0.6) is 0 Å². The van der Waals surface area contributed by atoms with E-state index in [1.165, 1.54) is 18.2 Å². The molecule has 1 fully saturated rings. The minimum atomic E-state index is -0.874. The lowest BCUT2D eigenvalue weighted by Gasteiger charge is -2.26. The summed E-state index contributed by atoms with van der Waals surface area (Å²) >= 11 is 0. The Balaban J connectivity index is 1.56. The molecule has 0 unspecified atom stereocenters. The van der Waals surface area contributed by atoms with Crippen LogP contribution in [0.4, 0.5) is 14.9 Å². The fourth-order valence-corrected chi connectivity index (χ4v) is 4.17. The molecular weight excluding hydrogens is 433 g/mol. The zero-order valence-corrected chi connectivity index (χ0v) is 18.3. The predicted octanol–water partition coefficient (Wildman–Crippen LogP) is 4.80. The molecule has 1 aliphatic heterocycles. The maximum Gasteiger partial charge on any atom is 0.335 e. The van der Waals surface area contributed by atoms with E-state index in [4.69, 9.17) is 0 Å². The van der Waals surface area contributed by atoms with Gasteiger partial charge in [-0.15, -0.1) is 0 Å². The van der Waals surface area contributed by atoms with E-state index in [0.29, 0.717) is 12.1 Å². The molecule has 3 aromatic carbocycles. The van der Waals surface area contributed by atoms with Crippen molar-refractivity contribution in [2.75, 3.05) is 4.90 Å². The van der Waals surface area contributed by atoms with Crippen molar-refractivity contribution in [1.29, 1.82) is 0 Å². The van der Waals surface area contributed by atoms with Gasteiger partial charge in [-0.25, -0.2) is 14.1 Å². The van der Waals surface area contributed by atoms with Gasteiger partial charge in [0, 0.05) is 29.2 Å². The van der Waals surface area contributed by atoms with Gasteiger partial charge in [0.05, 0.1) is 5.69 Å². The number of carbonyl (C=O) groups excluding carboxylic acids is 3. The number of rotatable bonds is 4. The number of benzene rings is 3. The molecule has 168 valence electrons. The van der Waals surface area contributed by atoms with Crippen LogP contribution < -0.4 is 10.2 Å². The molecule has 0 saturated carbocycles. The molecule has 6 nitrogen and oxygen atoms in total. The topological polar surface area (TPSA) is 71.4 Å². The average molecular weight is 453 g/mol. The van der Waals surface area contributed by atoms with Gasteiger partial charge in [-0.05, 0) is 48.9 Å². The number of amides is 4. The minimum absolute atomic E-state index is 0.171. The molecule has 0 atom stereocenters. The quantitative estimate of drug-likeness (QED) is 0.356. The van der Waals surface area contributed by atoms with Crippen molar-refractivity contribution in [3.63, 3.8) is 0 Å². The number of barbiturate groups is 1. The van der Waals surface area contributed by atoms with Gasteiger partial charge in [0.2, 0.25) is 0 Å². The zero-order valence-electron chi connectivity index (χ0n) is 18.3. The third kappa shape index (κ3) is 3.88. The number of fused-ring (bicyclic) bond motifs is 1. The first kappa shape index (κ1) is 21.3. The molecule has 7 heteroatoms. The third-order valence-electron chi connectivity index (χ3n) is 5.74. The number of aryl methyl sites for hydroxylation is 1. The van der Waals surface area contributed by atoms with Crippen LogP contribution in [0.25, 0.3) is 17.0 Å². The van der Waals surface area contributed by atoms with Gasteiger partial charge in [0.15, 0.2) is 0 Å². The van der Waals surface area contributed by atoms with Crippen molar-refractivity contribution < 1.29 is 18.8 Å². The summed E-state index contributed by atoms with van der Waals surface area (Å²) in [5.41, 5.74) is 3.90. The zero-order chi connectivity index (χ0) is 23.8. The summed E-state index contributed by atoms with van der Waals surface area (Å²) < 4.78 is 15.4. The van der Waals surface area contributed by atoms with Crippen LogP contribution in [0.15, 0.2) is 84.6 Å². The Labute approximate surface area is 194 Å². The Hall–Kier alpha value is -4.52. The molecule has 0 radical (unpaired) electrons. The van der Waals surface area contributed by atoms with Crippen LogP contribution in [0.1, 0.15) is 16.7 Å². The first-order valence-corrected chi connectivity index (χ1v) is 10.7. The van der Waals surface area contributed by atoms with Crippen molar-refractivity contribution in [2.24, 2.45) is 0 Å². The fourth-order valence-electron chi connectivity index (χ4n) is 4.17. The van der Waals surface area contributed by atoms with Crippen LogP contribution in [-0.4, -0.2) is 22.4 Å². The number of halogens is 1. The Morgan fingerprint density at radius 2 is 1.71 bits per heavy atom. The summed E-state index contributed by atoms with van der Waals surface area (Å²) in [5.74, 6) is -2.04. The van der Waals surface area contributed by atoms with Crippen molar-refractivity contribution >= 4 is 40.5 Å². The van der Waals surface area contributed by atoms with Gasteiger partial charge >= 0.3 is 6.03 Å². The van der Waals surface area contributed by atoms with Gasteiger partial charge in [-0.1, -0.05) is 48.0 Å². The number of carbonyl (C=O) groups is 3. The summed E-state index contributed by atoms with van der Waals surface area (Å²) in [6.45, 7) is 2.65. The molecule has 1 N–H and O–H groups in total. The Bertz CT molecular complexity index is 1480. The Morgan fingerprint density at radius 3 is 2.47 bits per heavy atom. The van der Waals surface area contributed by atoms with Crippen molar-refractivity contribution in [2.45, 2.75) is 13.5 Å². The van der Waals surface area contributed by atoms with Crippen LogP contribution in [0.2, 0.25) is 0 Å². The van der Waals surface area contributed by atoms with Gasteiger partial charge < -0.3 is 4.57 Å². The molecule has 0 spiro atoms. The van der Waals surface area contributed by atoms with Crippen LogP contribution in [0, 0.1) is 12.7 Å². The average Bonchev–Trinajstić information content (AvgIpc) is 3.15. The number of aromatic nitrogens is 1. The number of imide groups is 2. The second kappa shape index (κ2) is 8.44. The SMILES string of the molecule is Cc1cccc(Cn2cc(C=C3C(=O)NC(=O)N(c4ccc(F)cc4)C3=O)c3ccccc32)c1. The predicted molar refractivity (Wildman–Crippen MR) is 128 cm³/mol. The van der Waals surface area contributed by atoms with Gasteiger partial charge in [-0.3, -0.25) is 14.9 Å². The number of nitrogens with zero attached hydrogens (tertiary/aromatic N) is 2. The van der Waals surface area contributed by atoms with E-state index in [1.807, 2.05) is 55.6 Å². The lowest BCUT2D eigenvalue weighted by atomic mass is 10.1. The molecule has 4 aromatic rings. The summed E-state index contributed by atoms with van der Waals surface area (Å²) in [6, 6.07) is 20.0. The number of para-hydroxylation sites is 1. The maximum atomic E-state index is 13.3. The fraction of sp³-hybridized carbons (Fsp3) is 0.0741. The Morgan fingerprint density at radius 1 is 0.941 bits per heavy atom. The second-order valence-corrected chi connectivity index (χ2v) is 8.15. The summed E-state index contributed by atoms with van der Waals surface area (Å²) in [6.07, 6.45) is 3.38.